The molecule has 0 spiro atoms. The van der Waals surface area contributed by atoms with Crippen molar-refractivity contribution in [2.75, 3.05) is 13.2 Å². The first-order valence-electron chi connectivity index (χ1n) is 6.42. The maximum atomic E-state index is 12.7. The fraction of sp³-hybridized carbons (Fsp3) is 0.200. The van der Waals surface area contributed by atoms with Crippen LogP contribution >= 0.6 is 0 Å². The van der Waals surface area contributed by atoms with Crippen molar-refractivity contribution in [3.8, 4) is 5.75 Å². The fourth-order valence-electron chi connectivity index (χ4n) is 1.73. The van der Waals surface area contributed by atoms with Gasteiger partial charge in [0.15, 0.2) is 0 Å². The molecule has 0 aliphatic carbocycles. The van der Waals surface area contributed by atoms with Crippen LogP contribution in [0.2, 0.25) is 0 Å². The minimum atomic E-state index is -0.630. The van der Waals surface area contributed by atoms with E-state index in [4.69, 9.17) is 9.84 Å². The summed E-state index contributed by atoms with van der Waals surface area (Å²) in [6.07, 6.45) is 1.18. The smallest absolute Gasteiger partial charge is 0.253 e. The van der Waals surface area contributed by atoms with Gasteiger partial charge in [-0.3, -0.25) is 4.79 Å². The standard InChI is InChI=1S/C15H15FN2O3/c16-14-6-5-12(10-17-14)15(20)18-9-11-3-1-2-4-13(11)21-8-7-19/h1-6,10,19H,7-9H2,(H,18,20). The number of para-hydroxylation sites is 1. The lowest BCUT2D eigenvalue weighted by atomic mass is 10.2. The van der Waals surface area contributed by atoms with E-state index < -0.39 is 5.95 Å². The lowest BCUT2D eigenvalue weighted by Gasteiger charge is -2.11. The number of carbonyl (C=O) groups is 1. The van der Waals surface area contributed by atoms with E-state index in [1.54, 1.807) is 6.07 Å². The van der Waals surface area contributed by atoms with Gasteiger partial charge in [0.25, 0.3) is 5.91 Å². The number of pyridine rings is 1. The average molecular weight is 290 g/mol. The van der Waals surface area contributed by atoms with Gasteiger partial charge in [-0.2, -0.15) is 4.39 Å². The quantitative estimate of drug-likeness (QED) is 0.791. The molecule has 0 bridgehead atoms. The summed E-state index contributed by atoms with van der Waals surface area (Å²) in [7, 11) is 0. The van der Waals surface area contributed by atoms with Crippen molar-refractivity contribution < 1.29 is 19.0 Å². The minimum absolute atomic E-state index is 0.0814. The maximum absolute atomic E-state index is 12.7. The number of aliphatic hydroxyl groups excluding tert-OH is 1. The second kappa shape index (κ2) is 7.35. The van der Waals surface area contributed by atoms with Crippen molar-refractivity contribution in [2.45, 2.75) is 6.54 Å². The summed E-state index contributed by atoms with van der Waals surface area (Å²) in [6, 6.07) is 9.71. The largest absolute Gasteiger partial charge is 0.491 e. The van der Waals surface area contributed by atoms with Gasteiger partial charge in [0.05, 0.1) is 12.2 Å². The lowest BCUT2D eigenvalue weighted by molar-refractivity contribution is 0.0950. The first kappa shape index (κ1) is 14.9. The normalized spacial score (nSPS) is 10.2. The molecule has 0 saturated heterocycles. The van der Waals surface area contributed by atoms with Gasteiger partial charge in [0.2, 0.25) is 5.95 Å². The number of rotatable bonds is 6. The zero-order valence-corrected chi connectivity index (χ0v) is 11.3. The number of carbonyl (C=O) groups excluding carboxylic acids is 1. The van der Waals surface area contributed by atoms with Gasteiger partial charge in [-0.15, -0.1) is 0 Å². The van der Waals surface area contributed by atoms with E-state index in [2.05, 4.69) is 10.3 Å². The van der Waals surface area contributed by atoms with Crippen LogP contribution in [-0.4, -0.2) is 29.2 Å². The molecule has 0 saturated carbocycles. The van der Waals surface area contributed by atoms with Crippen molar-refractivity contribution in [2.24, 2.45) is 0 Å². The maximum Gasteiger partial charge on any atom is 0.253 e. The van der Waals surface area contributed by atoms with Gasteiger partial charge in [0, 0.05) is 18.3 Å². The molecule has 21 heavy (non-hydrogen) atoms. The topological polar surface area (TPSA) is 71.5 Å². The van der Waals surface area contributed by atoms with Crippen LogP contribution in [0.25, 0.3) is 0 Å². The Balaban J connectivity index is 1.99. The molecule has 110 valence electrons. The van der Waals surface area contributed by atoms with Crippen LogP contribution < -0.4 is 10.1 Å². The number of aliphatic hydroxyl groups is 1. The molecule has 2 rings (SSSR count). The second-order valence-electron chi connectivity index (χ2n) is 4.23. The van der Waals surface area contributed by atoms with Gasteiger partial charge in [-0.05, 0) is 18.2 Å². The van der Waals surface area contributed by atoms with E-state index in [-0.39, 0.29) is 31.2 Å². The highest BCUT2D eigenvalue weighted by Gasteiger charge is 2.08. The van der Waals surface area contributed by atoms with Crippen LogP contribution in [-0.2, 0) is 6.54 Å². The molecule has 0 radical (unpaired) electrons. The molecule has 1 amide bonds. The Labute approximate surface area is 121 Å². The SMILES string of the molecule is O=C(NCc1ccccc1OCCO)c1ccc(F)nc1. The highest BCUT2D eigenvalue weighted by molar-refractivity contribution is 5.93. The number of halogens is 1. The highest BCUT2D eigenvalue weighted by Crippen LogP contribution is 2.17. The third-order valence-corrected chi connectivity index (χ3v) is 2.75. The molecule has 2 aromatic rings. The van der Waals surface area contributed by atoms with Crippen LogP contribution in [0.15, 0.2) is 42.6 Å². The van der Waals surface area contributed by atoms with E-state index in [9.17, 15) is 9.18 Å². The summed E-state index contributed by atoms with van der Waals surface area (Å²) in [6.45, 7) is 0.368. The van der Waals surface area contributed by atoms with E-state index in [1.807, 2.05) is 18.2 Å². The summed E-state index contributed by atoms with van der Waals surface area (Å²) in [5.41, 5.74) is 1.07. The Morgan fingerprint density at radius 3 is 2.81 bits per heavy atom. The summed E-state index contributed by atoms with van der Waals surface area (Å²) in [5, 5.41) is 11.5. The molecular formula is C15H15FN2O3. The van der Waals surface area contributed by atoms with Crippen molar-refractivity contribution in [3.63, 3.8) is 0 Å². The second-order valence-corrected chi connectivity index (χ2v) is 4.23. The van der Waals surface area contributed by atoms with Crippen LogP contribution in [0.5, 0.6) is 5.75 Å². The molecule has 1 heterocycles. The Kier molecular flexibility index (Phi) is 5.22. The first-order valence-corrected chi connectivity index (χ1v) is 6.42. The molecule has 0 atom stereocenters. The van der Waals surface area contributed by atoms with Crippen LogP contribution in [0.1, 0.15) is 15.9 Å². The molecule has 2 N–H and O–H groups in total. The number of amides is 1. The Morgan fingerprint density at radius 2 is 2.10 bits per heavy atom. The molecule has 0 unspecified atom stereocenters. The molecule has 5 nitrogen and oxygen atoms in total. The number of benzene rings is 1. The zero-order chi connectivity index (χ0) is 15.1. The van der Waals surface area contributed by atoms with E-state index in [0.29, 0.717) is 5.75 Å². The number of ether oxygens (including phenoxy) is 1. The molecule has 1 aromatic carbocycles. The van der Waals surface area contributed by atoms with Crippen molar-refractivity contribution >= 4 is 5.91 Å². The first-order chi connectivity index (χ1) is 10.2. The third-order valence-electron chi connectivity index (χ3n) is 2.75. The summed E-state index contributed by atoms with van der Waals surface area (Å²) in [5.74, 6) is -0.377. The minimum Gasteiger partial charge on any atom is -0.491 e. The Bertz CT molecular complexity index is 602. The summed E-state index contributed by atoms with van der Waals surface area (Å²) >= 11 is 0. The molecule has 1 aromatic heterocycles. The zero-order valence-electron chi connectivity index (χ0n) is 11.3. The number of nitrogens with zero attached hydrogens (tertiary/aromatic N) is 1. The summed E-state index contributed by atoms with van der Waals surface area (Å²) in [4.78, 5) is 15.3. The number of aromatic nitrogens is 1. The van der Waals surface area contributed by atoms with Crippen LogP contribution in [0.3, 0.4) is 0 Å². The van der Waals surface area contributed by atoms with E-state index >= 15 is 0 Å². The van der Waals surface area contributed by atoms with Gasteiger partial charge >= 0.3 is 0 Å². The Hall–Kier alpha value is -2.47. The van der Waals surface area contributed by atoms with Gasteiger partial charge in [-0.1, -0.05) is 18.2 Å². The van der Waals surface area contributed by atoms with E-state index in [0.717, 1.165) is 11.6 Å². The monoisotopic (exact) mass is 290 g/mol. The molecule has 0 aliphatic heterocycles. The number of nitrogens with one attached hydrogen (secondary N) is 1. The molecular weight excluding hydrogens is 275 g/mol. The van der Waals surface area contributed by atoms with Crippen molar-refractivity contribution in [3.05, 3.63) is 59.7 Å². The summed E-state index contributed by atoms with van der Waals surface area (Å²) < 4.78 is 18.1. The van der Waals surface area contributed by atoms with Crippen molar-refractivity contribution in [1.29, 1.82) is 0 Å². The van der Waals surface area contributed by atoms with Gasteiger partial charge < -0.3 is 15.2 Å². The highest BCUT2D eigenvalue weighted by atomic mass is 19.1. The predicted octanol–water partition coefficient (Wildman–Crippen LogP) is 1.52. The number of hydrogen-bond acceptors (Lipinski definition) is 4. The van der Waals surface area contributed by atoms with Gasteiger partial charge in [-0.25, -0.2) is 4.98 Å². The lowest BCUT2D eigenvalue weighted by Crippen LogP contribution is -2.23. The predicted molar refractivity (Wildman–Crippen MR) is 74.4 cm³/mol. The molecule has 0 fully saturated rings. The fourth-order valence-corrected chi connectivity index (χ4v) is 1.73. The number of hydrogen-bond donors (Lipinski definition) is 2. The molecule has 0 aliphatic rings. The van der Waals surface area contributed by atoms with Crippen molar-refractivity contribution in [1.82, 2.24) is 10.3 Å². The van der Waals surface area contributed by atoms with Crippen LogP contribution in [0, 0.1) is 5.95 Å². The van der Waals surface area contributed by atoms with Gasteiger partial charge in [0.1, 0.15) is 12.4 Å². The average Bonchev–Trinajstić information content (AvgIpc) is 2.52. The van der Waals surface area contributed by atoms with E-state index in [1.165, 1.54) is 12.3 Å². The molecule has 6 heteroatoms. The Morgan fingerprint density at radius 1 is 1.29 bits per heavy atom. The van der Waals surface area contributed by atoms with Crippen LogP contribution in [0.4, 0.5) is 4.39 Å². The third kappa shape index (κ3) is 4.25.